The predicted octanol–water partition coefficient (Wildman–Crippen LogP) is -3.08. The molecule has 0 bridgehead atoms. The smallest absolute Gasteiger partial charge is 0.288 e. The summed E-state index contributed by atoms with van der Waals surface area (Å²) in [6.07, 6.45) is 0. The second kappa shape index (κ2) is 5.54. The number of hydrogen-bond donors (Lipinski definition) is 2. The zero-order valence-electron chi connectivity index (χ0n) is 7.07. The molecule has 2 N–H and O–H groups in total. The maximum absolute atomic E-state index is 11.6. The summed E-state index contributed by atoms with van der Waals surface area (Å²) in [5.74, 6) is 0. The van der Waals surface area contributed by atoms with E-state index in [2.05, 4.69) is 0 Å². The molecule has 0 rings (SSSR count). The van der Waals surface area contributed by atoms with Gasteiger partial charge in [-0.2, -0.15) is 21.6 Å². The minimum absolute atomic E-state index is 0. The second-order valence-electron chi connectivity index (χ2n) is 1.70. The first-order chi connectivity index (χ1) is 5.52. The van der Waals surface area contributed by atoms with Gasteiger partial charge in [0.15, 0.2) is 0 Å². The first-order valence-corrected chi connectivity index (χ1v) is 5.43. The van der Waals surface area contributed by atoms with Crippen molar-refractivity contribution in [3.8, 4) is 0 Å². The Hall–Kier alpha value is 1.25. The van der Waals surface area contributed by atoms with Crippen molar-refractivity contribution in [3.63, 3.8) is 0 Å². The van der Waals surface area contributed by atoms with Crippen LogP contribution in [0, 0.1) is 0 Å². The average molecular weight is 281 g/mol. The Morgan fingerprint density at radius 1 is 1.29 bits per heavy atom. The minimum atomic E-state index is -5.93. The minimum Gasteiger partial charge on any atom is -0.288 e. The molecule has 80 valence electrons. The van der Waals surface area contributed by atoms with Crippen LogP contribution >= 0.6 is 0 Å². The molecule has 0 fully saturated rings. The fourth-order valence-electron chi connectivity index (χ4n) is 0.213. The van der Waals surface area contributed by atoms with E-state index < -0.39 is 25.7 Å². The third-order valence-electron chi connectivity index (χ3n) is 0.758. The fourth-order valence-corrected chi connectivity index (χ4v) is 1.91. The largest absolute Gasteiger partial charge is 1.00 e. The number of sulfonamides is 1. The molecule has 6 nitrogen and oxygen atoms in total. The molecule has 1 atom stereocenters. The van der Waals surface area contributed by atoms with Crippen molar-refractivity contribution in [2.45, 2.75) is 5.51 Å². The number of hydrogen-bond acceptors (Lipinski definition) is 3. The van der Waals surface area contributed by atoms with Gasteiger partial charge in [0.05, 0.1) is 0 Å². The van der Waals surface area contributed by atoms with Gasteiger partial charge in [-0.1, -0.05) is 3.77 Å². The van der Waals surface area contributed by atoms with Crippen molar-refractivity contribution in [1.82, 2.24) is 4.72 Å². The number of halogens is 3. The summed E-state index contributed by atoms with van der Waals surface area (Å²) in [5, 5.41) is 0. The third kappa shape index (κ3) is 5.36. The van der Waals surface area contributed by atoms with E-state index in [1.165, 1.54) is 4.72 Å². The monoisotopic (exact) mass is 281 g/mol. The maximum atomic E-state index is 11.6. The molecule has 0 saturated carbocycles. The number of rotatable bonds is 2. The third-order valence-corrected chi connectivity index (χ3v) is 3.47. The molecule has 0 radical (unpaired) electrons. The van der Waals surface area contributed by atoms with Crippen LogP contribution in [0.4, 0.5) is 13.2 Å². The second-order valence-corrected chi connectivity index (χ2v) is 5.11. The Morgan fingerprint density at radius 2 is 1.64 bits per heavy atom. The van der Waals surface area contributed by atoms with Crippen LogP contribution in [0.5, 0.6) is 0 Å². The van der Waals surface area contributed by atoms with Gasteiger partial charge < -0.3 is 0 Å². The van der Waals surface area contributed by atoms with Gasteiger partial charge in [0.2, 0.25) is 10.2 Å². The van der Waals surface area contributed by atoms with Gasteiger partial charge in [0.1, 0.15) is 0 Å². The van der Waals surface area contributed by atoms with Gasteiger partial charge in [-0.05, 0) is 7.05 Å². The van der Waals surface area contributed by atoms with Crippen LogP contribution in [-0.4, -0.2) is 29.7 Å². The molecule has 0 aromatic rings. The summed E-state index contributed by atoms with van der Waals surface area (Å²) in [6, 6.07) is 0. The van der Waals surface area contributed by atoms with Crippen molar-refractivity contribution in [2.75, 3.05) is 7.05 Å². The predicted molar refractivity (Wildman–Crippen MR) is 37.2 cm³/mol. The zero-order chi connectivity index (χ0) is 10.9. The zero-order valence-corrected chi connectivity index (χ0v) is 11.8. The molecule has 0 aliphatic rings. The molecule has 12 heteroatoms. The molecule has 0 heterocycles. The van der Waals surface area contributed by atoms with E-state index in [4.69, 9.17) is 4.55 Å². The summed E-state index contributed by atoms with van der Waals surface area (Å²) in [5.41, 5.74) is -5.67. The summed E-state index contributed by atoms with van der Waals surface area (Å²) < 4.78 is 76.9. The molecule has 0 aliphatic carbocycles. The topological polar surface area (TPSA) is 95.8 Å². The fraction of sp³-hybridized carbons (Fsp3) is 1.00. The van der Waals surface area contributed by atoms with E-state index in [1.54, 1.807) is 3.77 Å². The molecule has 0 aromatic carbocycles. The van der Waals surface area contributed by atoms with Crippen LogP contribution in [0.1, 0.15) is 0 Å². The van der Waals surface area contributed by atoms with Crippen molar-refractivity contribution in [1.29, 1.82) is 0 Å². The molecule has 0 amide bonds. The summed E-state index contributed by atoms with van der Waals surface area (Å²) in [6.45, 7) is 0. The van der Waals surface area contributed by atoms with Crippen LogP contribution in [0.2, 0.25) is 0 Å². The molecular weight excluding hydrogens is 276 g/mol. The molecule has 0 saturated heterocycles. The Kier molecular flexibility index (Phi) is 6.98. The van der Waals surface area contributed by atoms with E-state index in [1.807, 2.05) is 0 Å². The molecule has 14 heavy (non-hydrogen) atoms. The summed E-state index contributed by atoms with van der Waals surface area (Å²) >= 11 is 0. The molecule has 0 aliphatic heterocycles. The Morgan fingerprint density at radius 3 is 1.86 bits per heavy atom. The molecule has 1 unspecified atom stereocenters. The Bertz CT molecular complexity index is 393. The number of nitrogens with one attached hydrogen (secondary N) is 1. The van der Waals surface area contributed by atoms with Gasteiger partial charge in [-0.3, -0.25) is 4.55 Å². The first-order valence-electron chi connectivity index (χ1n) is 2.52. The van der Waals surface area contributed by atoms with E-state index in [0.717, 1.165) is 7.05 Å². The summed E-state index contributed by atoms with van der Waals surface area (Å²) in [7, 11) is -9.68. The summed E-state index contributed by atoms with van der Waals surface area (Å²) in [4.78, 5) is 0. The number of alkyl halides is 3. The normalized spacial score (nSPS) is 16.6. The van der Waals surface area contributed by atoms with Gasteiger partial charge in [0.25, 0.3) is 0 Å². The average Bonchev–Trinajstić information content (AvgIpc) is 1.83. The van der Waals surface area contributed by atoms with Crippen molar-refractivity contribution in [2.24, 2.45) is 3.77 Å². The Labute approximate surface area is 121 Å². The van der Waals surface area contributed by atoms with E-state index in [0.29, 0.717) is 0 Å². The van der Waals surface area contributed by atoms with Crippen LogP contribution in [0.25, 0.3) is 0 Å². The Balaban J connectivity index is 0. The SMILES string of the molecule is CNS(=O)(O)=NS(=O)(=O)C(F)(F)F.[K+]. The van der Waals surface area contributed by atoms with Crippen LogP contribution in [0.3, 0.4) is 0 Å². The van der Waals surface area contributed by atoms with Gasteiger partial charge in [0, 0.05) is 0 Å². The van der Waals surface area contributed by atoms with E-state index in [-0.39, 0.29) is 51.4 Å². The van der Waals surface area contributed by atoms with E-state index in [9.17, 15) is 25.8 Å². The quantitative estimate of drug-likeness (QED) is 0.525. The molecule has 0 spiro atoms. The molecule has 0 aromatic heterocycles. The van der Waals surface area contributed by atoms with Gasteiger partial charge >= 0.3 is 66.9 Å². The number of nitrogens with zero attached hydrogens (tertiary/aromatic N) is 1. The van der Waals surface area contributed by atoms with Crippen LogP contribution in [-0.2, 0) is 20.2 Å². The standard InChI is InChI=1S/C2H5F3N2O4S2.K/c1-6-13(10,11)7-12(8,9)2(3,4)5;/h1H3,(H2,6,7,10,11);/q;+1. The van der Waals surface area contributed by atoms with Crippen LogP contribution < -0.4 is 56.1 Å². The maximum Gasteiger partial charge on any atom is 1.00 e. The van der Waals surface area contributed by atoms with Gasteiger partial charge in [-0.25, -0.2) is 8.93 Å². The van der Waals surface area contributed by atoms with Crippen LogP contribution in [0.15, 0.2) is 3.77 Å². The molecular formula is C2H5F3KN2O4S2+. The van der Waals surface area contributed by atoms with Crippen molar-refractivity contribution >= 4 is 20.2 Å². The van der Waals surface area contributed by atoms with Crippen molar-refractivity contribution in [3.05, 3.63) is 0 Å². The van der Waals surface area contributed by atoms with E-state index >= 15 is 0 Å². The van der Waals surface area contributed by atoms with Gasteiger partial charge in [-0.15, -0.1) is 0 Å². The van der Waals surface area contributed by atoms with Crippen molar-refractivity contribution < 1.29 is 81.7 Å². The first kappa shape index (κ1) is 17.6.